The third-order valence-corrected chi connectivity index (χ3v) is 8.92. The molecule has 4 nitrogen and oxygen atoms in total. The van der Waals surface area contributed by atoms with E-state index in [2.05, 4.69) is 0 Å². The lowest BCUT2D eigenvalue weighted by atomic mass is 9.49. The van der Waals surface area contributed by atoms with Gasteiger partial charge in [-0.25, -0.2) is 0 Å². The van der Waals surface area contributed by atoms with E-state index in [1.807, 2.05) is 68.5 Å². The topological polar surface area (TPSA) is 36.9 Å². The van der Waals surface area contributed by atoms with Gasteiger partial charge in [0, 0.05) is 0 Å². The predicted octanol–water partition coefficient (Wildman–Crippen LogP) is 5.01. The average molecular weight is 469 g/mol. The van der Waals surface area contributed by atoms with Crippen LogP contribution < -0.4 is 5.19 Å². The van der Waals surface area contributed by atoms with Crippen molar-refractivity contribution >= 4 is 28.2 Å². The zero-order valence-electron chi connectivity index (χ0n) is 20.7. The van der Waals surface area contributed by atoms with E-state index in [-0.39, 0.29) is 0 Å². The van der Waals surface area contributed by atoms with Gasteiger partial charge in [-0.05, 0) is 67.0 Å². The average Bonchev–Trinajstić information content (AvgIpc) is 2.93. The van der Waals surface area contributed by atoms with Crippen LogP contribution in [-0.2, 0) is 24.8 Å². The third-order valence-electron chi connectivity index (χ3n) is 7.41. The highest BCUT2D eigenvalue weighted by atomic mass is 28.3. The Hall–Kier alpha value is -0.803. The summed E-state index contributed by atoms with van der Waals surface area (Å²) in [7, 11) is -2.72. The zero-order chi connectivity index (χ0) is 24.5. The minimum atomic E-state index is -4.41. The summed E-state index contributed by atoms with van der Waals surface area (Å²) < 4.78 is 65.9. The van der Waals surface area contributed by atoms with Crippen LogP contribution in [0.2, 0.25) is 13.1 Å². The molecule has 0 aromatic heterocycles. The van der Waals surface area contributed by atoms with Gasteiger partial charge in [0.15, 0.2) is 0 Å². The van der Waals surface area contributed by atoms with Gasteiger partial charge in [0.25, 0.3) is 0 Å². The van der Waals surface area contributed by atoms with Gasteiger partial charge in [-0.3, -0.25) is 0 Å². The van der Waals surface area contributed by atoms with Crippen molar-refractivity contribution < 1.29 is 31.8 Å². The zero-order valence-corrected chi connectivity index (χ0v) is 21.7. The highest BCUT2D eigenvalue weighted by Gasteiger charge is 2.62. The van der Waals surface area contributed by atoms with Gasteiger partial charge >= 0.3 is 20.4 Å². The molecule has 2 fully saturated rings. The minimum absolute atomic E-state index is 0.547. The molecule has 0 amide bonds. The molecule has 0 atom stereocenters. The molecule has 2 heterocycles. The van der Waals surface area contributed by atoms with Gasteiger partial charge in [-0.1, -0.05) is 30.4 Å². The number of halogens is 3. The molecular formula is C22H34B2F3O4Si. The SMILES string of the molecule is C[Si](C)c1cc(C(F)(F)F)ccc1C(B1OC(C)(C)C(C)(C)O1)B1OC(C)(C)C(C)(C)O1. The molecule has 0 aliphatic carbocycles. The Labute approximate surface area is 192 Å². The molecule has 2 aliphatic heterocycles. The molecule has 0 saturated carbocycles. The summed E-state index contributed by atoms with van der Waals surface area (Å²) in [6, 6.07) is 3.96. The van der Waals surface area contributed by atoms with Crippen LogP contribution in [-0.4, -0.2) is 45.4 Å². The molecule has 0 unspecified atom stereocenters. The predicted molar refractivity (Wildman–Crippen MR) is 123 cm³/mol. The Morgan fingerprint density at radius 2 is 1.12 bits per heavy atom. The van der Waals surface area contributed by atoms with E-state index in [0.717, 1.165) is 11.6 Å². The first-order chi connectivity index (χ1) is 14.3. The first kappa shape index (κ1) is 25.8. The summed E-state index contributed by atoms with van der Waals surface area (Å²) in [6.45, 7) is 19.6. The molecular weight excluding hydrogens is 435 g/mol. The van der Waals surface area contributed by atoms with Crippen molar-refractivity contribution in [2.45, 2.75) is 103 Å². The van der Waals surface area contributed by atoms with Crippen molar-refractivity contribution in [2.24, 2.45) is 0 Å². The summed E-state index contributed by atoms with van der Waals surface area (Å²) in [5, 5.41) is 0.680. The van der Waals surface area contributed by atoms with Crippen LogP contribution in [0.5, 0.6) is 0 Å². The Morgan fingerprint density at radius 1 is 0.750 bits per heavy atom. The van der Waals surface area contributed by atoms with Crippen LogP contribution in [0.1, 0.15) is 72.2 Å². The Morgan fingerprint density at radius 3 is 1.44 bits per heavy atom. The van der Waals surface area contributed by atoms with Gasteiger partial charge in [-0.2, -0.15) is 13.2 Å². The van der Waals surface area contributed by atoms with Crippen molar-refractivity contribution in [3.05, 3.63) is 29.3 Å². The Bertz CT molecular complexity index is 803. The van der Waals surface area contributed by atoms with Crippen molar-refractivity contribution in [1.29, 1.82) is 0 Å². The number of rotatable bonds is 4. The van der Waals surface area contributed by atoms with E-state index in [0.29, 0.717) is 5.19 Å². The monoisotopic (exact) mass is 469 g/mol. The number of alkyl halides is 3. The van der Waals surface area contributed by atoms with Crippen LogP contribution >= 0.6 is 0 Å². The van der Waals surface area contributed by atoms with E-state index < -0.39 is 62.9 Å². The fourth-order valence-corrected chi connectivity index (χ4v) is 5.22. The second-order valence-electron chi connectivity index (χ2n) is 11.1. The largest absolute Gasteiger partial charge is 0.463 e. The molecule has 0 bridgehead atoms. The third kappa shape index (κ3) is 4.45. The molecule has 32 heavy (non-hydrogen) atoms. The van der Waals surface area contributed by atoms with Crippen molar-refractivity contribution in [1.82, 2.24) is 0 Å². The summed E-state index contributed by atoms with van der Waals surface area (Å²) in [6.07, 6.45) is -4.41. The van der Waals surface area contributed by atoms with Gasteiger partial charge in [0.05, 0.1) is 42.5 Å². The maximum Gasteiger partial charge on any atom is 0.463 e. The van der Waals surface area contributed by atoms with Crippen molar-refractivity contribution in [3.63, 3.8) is 0 Å². The first-order valence-corrected chi connectivity index (χ1v) is 13.5. The highest BCUT2D eigenvalue weighted by Crippen LogP contribution is 2.46. The fraction of sp³-hybridized carbons (Fsp3) is 0.727. The molecule has 3 rings (SSSR count). The summed E-state index contributed by atoms with van der Waals surface area (Å²) in [5.74, 6) is 0. The second-order valence-corrected chi connectivity index (χ2v) is 13.6. The second kappa shape index (κ2) is 7.87. The molecule has 1 radical (unpaired) electrons. The van der Waals surface area contributed by atoms with Gasteiger partial charge in [-0.15, -0.1) is 0 Å². The molecule has 177 valence electrons. The van der Waals surface area contributed by atoms with Gasteiger partial charge in [0.1, 0.15) is 0 Å². The van der Waals surface area contributed by atoms with E-state index in [1.54, 1.807) is 6.07 Å². The van der Waals surface area contributed by atoms with Crippen LogP contribution in [0.15, 0.2) is 18.2 Å². The van der Waals surface area contributed by atoms with Crippen LogP contribution in [0.3, 0.4) is 0 Å². The van der Waals surface area contributed by atoms with Crippen LogP contribution in [0.4, 0.5) is 13.2 Å². The standard InChI is InChI=1S/C22H34B2F3O4Si/c1-18(2)19(3,4)29-23(28-18)17(24-30-20(5,6)21(7,8)31-24)15-12-11-14(22(25,26)27)13-16(15)32(9)10/h11-13,17H,1-10H3. The molecule has 0 N–H and O–H groups in total. The number of hydrogen-bond acceptors (Lipinski definition) is 4. The molecule has 1 aromatic carbocycles. The van der Waals surface area contributed by atoms with E-state index in [9.17, 15) is 13.2 Å². The lowest BCUT2D eigenvalue weighted by Crippen LogP contribution is -2.45. The maximum atomic E-state index is 13.5. The first-order valence-electron chi connectivity index (χ1n) is 11.0. The lowest BCUT2D eigenvalue weighted by Gasteiger charge is -2.32. The van der Waals surface area contributed by atoms with Crippen LogP contribution in [0.25, 0.3) is 0 Å². The normalized spacial score (nSPS) is 24.1. The van der Waals surface area contributed by atoms with Crippen LogP contribution in [0, 0.1) is 0 Å². The van der Waals surface area contributed by atoms with E-state index >= 15 is 0 Å². The molecule has 2 aliphatic rings. The highest BCUT2D eigenvalue weighted by molar-refractivity contribution is 6.74. The van der Waals surface area contributed by atoms with E-state index in [4.69, 9.17) is 18.6 Å². The molecule has 10 heteroatoms. The molecule has 0 spiro atoms. The summed E-state index contributed by atoms with van der Waals surface area (Å²) in [5.41, 5.74) is -2.86. The fourth-order valence-electron chi connectivity index (χ4n) is 3.95. The lowest BCUT2D eigenvalue weighted by molar-refractivity contribution is -0.137. The van der Waals surface area contributed by atoms with E-state index in [1.165, 1.54) is 6.07 Å². The van der Waals surface area contributed by atoms with Gasteiger partial charge < -0.3 is 18.6 Å². The minimum Gasteiger partial charge on any atom is -0.403 e. The molecule has 2 saturated heterocycles. The Balaban J connectivity index is 2.14. The van der Waals surface area contributed by atoms with Crippen molar-refractivity contribution in [3.8, 4) is 0 Å². The number of hydrogen-bond donors (Lipinski definition) is 0. The van der Waals surface area contributed by atoms with Crippen molar-refractivity contribution in [2.75, 3.05) is 0 Å². The smallest absolute Gasteiger partial charge is 0.403 e. The molecule has 1 aromatic rings. The maximum absolute atomic E-state index is 13.5. The summed E-state index contributed by atoms with van der Waals surface area (Å²) >= 11 is 0. The van der Waals surface area contributed by atoms with Gasteiger partial charge in [0.2, 0.25) is 0 Å². The number of benzene rings is 1. The summed E-state index contributed by atoms with van der Waals surface area (Å²) in [4.78, 5) is 0. The Kier molecular flexibility index (Phi) is 6.35. The quantitative estimate of drug-likeness (QED) is 0.581.